The molecule has 1 atom stereocenters. The molecule has 0 radical (unpaired) electrons. The minimum Gasteiger partial charge on any atom is -0.394 e. The predicted molar refractivity (Wildman–Crippen MR) is 88.2 cm³/mol. The molecule has 0 saturated carbocycles. The number of hydrogen-bond donors (Lipinski definition) is 2. The van der Waals surface area contributed by atoms with Crippen molar-refractivity contribution in [3.8, 4) is 0 Å². The van der Waals surface area contributed by atoms with Crippen LogP contribution in [0.5, 0.6) is 0 Å². The maximum absolute atomic E-state index is 13.6. The highest BCUT2D eigenvalue weighted by molar-refractivity contribution is 6.06. The van der Waals surface area contributed by atoms with Crippen molar-refractivity contribution in [3.63, 3.8) is 0 Å². The predicted octanol–water partition coefficient (Wildman–Crippen LogP) is 1.89. The van der Waals surface area contributed by atoms with Gasteiger partial charge >= 0.3 is 0 Å². The Labute approximate surface area is 139 Å². The molecule has 0 bridgehead atoms. The van der Waals surface area contributed by atoms with Crippen LogP contribution in [0.2, 0.25) is 0 Å². The van der Waals surface area contributed by atoms with E-state index in [1.165, 1.54) is 12.1 Å². The lowest BCUT2D eigenvalue weighted by molar-refractivity contribution is 0.0179. The van der Waals surface area contributed by atoms with Crippen molar-refractivity contribution in [2.75, 3.05) is 19.7 Å². The first-order valence-corrected chi connectivity index (χ1v) is 8.14. The smallest absolute Gasteiger partial charge is 0.254 e. The highest BCUT2D eigenvalue weighted by Crippen LogP contribution is 2.25. The molecule has 24 heavy (non-hydrogen) atoms. The van der Waals surface area contributed by atoms with Crippen LogP contribution in [0, 0.1) is 18.7 Å². The maximum Gasteiger partial charge on any atom is 0.254 e. The number of piperidine rings is 1. The first-order valence-electron chi connectivity index (χ1n) is 8.14. The van der Waals surface area contributed by atoms with Gasteiger partial charge in [0.25, 0.3) is 5.91 Å². The number of carbonyl (C=O) groups is 1. The zero-order chi connectivity index (χ0) is 17.3. The van der Waals surface area contributed by atoms with Gasteiger partial charge in [-0.1, -0.05) is 0 Å². The summed E-state index contributed by atoms with van der Waals surface area (Å²) in [6, 6.07) is 5.96. The molecule has 2 aromatic rings. The molecule has 2 heterocycles. The molecule has 6 heteroatoms. The van der Waals surface area contributed by atoms with E-state index in [2.05, 4.69) is 4.98 Å². The number of likely N-dealkylation sites (tertiary alicyclic amines) is 1. The number of pyridine rings is 1. The van der Waals surface area contributed by atoms with Gasteiger partial charge in [-0.15, -0.1) is 0 Å². The molecule has 0 spiro atoms. The Balaban J connectivity index is 1.86. The zero-order valence-electron chi connectivity index (χ0n) is 13.6. The number of aliphatic hydroxyl groups is 2. The number of aromatic nitrogens is 1. The summed E-state index contributed by atoms with van der Waals surface area (Å²) < 4.78 is 13.6. The fraction of sp³-hybridized carbons (Fsp3) is 0.444. The van der Waals surface area contributed by atoms with Gasteiger partial charge in [0.15, 0.2) is 0 Å². The van der Waals surface area contributed by atoms with Gasteiger partial charge in [0.2, 0.25) is 0 Å². The van der Waals surface area contributed by atoms with Gasteiger partial charge in [0.05, 0.1) is 23.8 Å². The van der Waals surface area contributed by atoms with E-state index in [1.54, 1.807) is 17.0 Å². The van der Waals surface area contributed by atoms with Crippen LogP contribution in [0.1, 0.15) is 28.9 Å². The van der Waals surface area contributed by atoms with Crippen molar-refractivity contribution in [1.82, 2.24) is 9.88 Å². The second-order valence-corrected chi connectivity index (χ2v) is 6.35. The number of fused-ring (bicyclic) bond motifs is 1. The molecule has 1 unspecified atom stereocenters. The molecule has 1 aromatic heterocycles. The molecule has 2 N–H and O–H groups in total. The average molecular weight is 332 g/mol. The number of benzene rings is 1. The SMILES string of the molecule is Cc1cc(C(=O)N2CCC(C(O)CO)CC2)c2cc(F)ccc2n1. The fourth-order valence-electron chi connectivity index (χ4n) is 3.31. The van der Waals surface area contributed by atoms with Crippen LogP contribution in [-0.4, -0.2) is 51.8 Å². The second-order valence-electron chi connectivity index (χ2n) is 6.35. The third-order valence-corrected chi connectivity index (χ3v) is 4.69. The lowest BCUT2D eigenvalue weighted by Gasteiger charge is -2.34. The van der Waals surface area contributed by atoms with E-state index in [0.29, 0.717) is 48.1 Å². The largest absolute Gasteiger partial charge is 0.394 e. The third-order valence-electron chi connectivity index (χ3n) is 4.69. The van der Waals surface area contributed by atoms with Crippen LogP contribution in [0.3, 0.4) is 0 Å². The molecule has 0 aliphatic carbocycles. The Hall–Kier alpha value is -2.05. The van der Waals surface area contributed by atoms with E-state index < -0.39 is 11.9 Å². The van der Waals surface area contributed by atoms with E-state index in [-0.39, 0.29) is 18.4 Å². The molecule has 1 aliphatic heterocycles. The summed E-state index contributed by atoms with van der Waals surface area (Å²) in [5.74, 6) is -0.535. The van der Waals surface area contributed by atoms with Gasteiger partial charge in [-0.3, -0.25) is 9.78 Å². The maximum atomic E-state index is 13.6. The lowest BCUT2D eigenvalue weighted by atomic mass is 9.91. The van der Waals surface area contributed by atoms with E-state index >= 15 is 0 Å². The van der Waals surface area contributed by atoms with Crippen molar-refractivity contribution in [2.45, 2.75) is 25.9 Å². The number of hydrogen-bond acceptors (Lipinski definition) is 4. The molecule has 5 nitrogen and oxygen atoms in total. The first-order chi connectivity index (χ1) is 11.5. The summed E-state index contributed by atoms with van der Waals surface area (Å²) in [6.45, 7) is 2.58. The normalized spacial score (nSPS) is 17.2. The summed E-state index contributed by atoms with van der Waals surface area (Å²) in [5, 5.41) is 19.3. The summed E-state index contributed by atoms with van der Waals surface area (Å²) in [7, 11) is 0. The van der Waals surface area contributed by atoms with Crippen molar-refractivity contribution in [1.29, 1.82) is 0 Å². The van der Waals surface area contributed by atoms with Crippen LogP contribution >= 0.6 is 0 Å². The zero-order valence-corrected chi connectivity index (χ0v) is 13.6. The minimum atomic E-state index is -0.736. The van der Waals surface area contributed by atoms with Gasteiger partial charge in [0, 0.05) is 24.2 Å². The van der Waals surface area contributed by atoms with Crippen LogP contribution in [0.25, 0.3) is 10.9 Å². The van der Waals surface area contributed by atoms with Crippen molar-refractivity contribution in [2.24, 2.45) is 5.92 Å². The summed E-state index contributed by atoms with van der Waals surface area (Å²) in [6.07, 6.45) is 0.550. The third kappa shape index (κ3) is 3.25. The molecule has 128 valence electrons. The molecule has 1 saturated heterocycles. The molecule has 1 aromatic carbocycles. The highest BCUT2D eigenvalue weighted by atomic mass is 19.1. The monoisotopic (exact) mass is 332 g/mol. The fourth-order valence-corrected chi connectivity index (χ4v) is 3.31. The van der Waals surface area contributed by atoms with E-state index in [0.717, 1.165) is 0 Å². The Morgan fingerprint density at radius 3 is 2.75 bits per heavy atom. The average Bonchev–Trinajstić information content (AvgIpc) is 2.60. The first kappa shape index (κ1) is 16.8. The Morgan fingerprint density at radius 1 is 1.38 bits per heavy atom. The number of amides is 1. The van der Waals surface area contributed by atoms with E-state index in [4.69, 9.17) is 5.11 Å². The van der Waals surface area contributed by atoms with E-state index in [9.17, 15) is 14.3 Å². The van der Waals surface area contributed by atoms with Crippen LogP contribution in [0.4, 0.5) is 4.39 Å². The standard InChI is InChI=1S/C18H21FN2O3/c1-11-8-15(14-9-13(19)2-3-16(14)20-11)18(24)21-6-4-12(5-7-21)17(23)10-22/h2-3,8-9,12,17,22-23H,4-7,10H2,1H3. The summed E-state index contributed by atoms with van der Waals surface area (Å²) in [4.78, 5) is 19.0. The Kier molecular flexibility index (Phi) is 4.78. The number of aryl methyl sites for hydroxylation is 1. The van der Waals surface area contributed by atoms with Gasteiger partial charge in [0.1, 0.15) is 5.82 Å². The van der Waals surface area contributed by atoms with Gasteiger partial charge < -0.3 is 15.1 Å². The Morgan fingerprint density at radius 2 is 2.08 bits per heavy atom. The number of aliphatic hydroxyl groups excluding tert-OH is 2. The Bertz CT molecular complexity index is 757. The van der Waals surface area contributed by atoms with Crippen molar-refractivity contribution >= 4 is 16.8 Å². The number of carbonyl (C=O) groups excluding carboxylic acids is 1. The summed E-state index contributed by atoms with van der Waals surface area (Å²) in [5.41, 5.74) is 1.77. The number of rotatable bonds is 3. The van der Waals surface area contributed by atoms with Gasteiger partial charge in [-0.25, -0.2) is 4.39 Å². The van der Waals surface area contributed by atoms with Crippen LogP contribution in [0.15, 0.2) is 24.3 Å². The van der Waals surface area contributed by atoms with Gasteiger partial charge in [-0.2, -0.15) is 0 Å². The highest BCUT2D eigenvalue weighted by Gasteiger charge is 2.28. The topological polar surface area (TPSA) is 73.7 Å². The van der Waals surface area contributed by atoms with Gasteiger partial charge in [-0.05, 0) is 49.9 Å². The number of nitrogens with zero attached hydrogens (tertiary/aromatic N) is 2. The molecule has 3 rings (SSSR count). The molecular weight excluding hydrogens is 311 g/mol. The van der Waals surface area contributed by atoms with E-state index in [1.807, 2.05) is 6.92 Å². The molecule has 1 aliphatic rings. The lowest BCUT2D eigenvalue weighted by Crippen LogP contribution is -2.42. The molecule has 1 amide bonds. The summed E-state index contributed by atoms with van der Waals surface area (Å²) >= 11 is 0. The number of halogens is 1. The minimum absolute atomic E-state index is 0.00687. The molecular formula is C18H21FN2O3. The second kappa shape index (κ2) is 6.83. The quantitative estimate of drug-likeness (QED) is 0.900. The van der Waals surface area contributed by atoms with Crippen molar-refractivity contribution < 1.29 is 19.4 Å². The van der Waals surface area contributed by atoms with Crippen LogP contribution in [-0.2, 0) is 0 Å². The van der Waals surface area contributed by atoms with Crippen LogP contribution < -0.4 is 0 Å². The van der Waals surface area contributed by atoms with Crippen molar-refractivity contribution in [3.05, 3.63) is 41.3 Å². The molecule has 1 fully saturated rings.